The van der Waals surface area contributed by atoms with E-state index in [1.54, 1.807) is 5.56 Å². The van der Waals surface area contributed by atoms with Crippen molar-refractivity contribution >= 4 is 5.69 Å². The number of anilines is 1. The number of likely N-dealkylation sites (N-methyl/N-ethyl adjacent to an activating group) is 1. The van der Waals surface area contributed by atoms with Crippen molar-refractivity contribution in [3.05, 3.63) is 29.3 Å². The van der Waals surface area contributed by atoms with E-state index in [2.05, 4.69) is 42.0 Å². The van der Waals surface area contributed by atoms with Crippen LogP contribution in [0.25, 0.3) is 0 Å². The second kappa shape index (κ2) is 3.77. The molecule has 0 saturated carbocycles. The van der Waals surface area contributed by atoms with Gasteiger partial charge in [0.1, 0.15) is 0 Å². The highest BCUT2D eigenvalue weighted by Crippen LogP contribution is 2.34. The molecule has 2 aliphatic rings. The summed E-state index contributed by atoms with van der Waals surface area (Å²) in [7, 11) is 2.25. The molecule has 0 bridgehead atoms. The molecule has 2 heteroatoms. The summed E-state index contributed by atoms with van der Waals surface area (Å²) in [6, 6.07) is 7.64. The number of benzene rings is 1. The Morgan fingerprint density at radius 1 is 1.25 bits per heavy atom. The molecule has 0 radical (unpaired) electrons. The van der Waals surface area contributed by atoms with Gasteiger partial charge in [0.2, 0.25) is 0 Å². The molecular formula is C14H20N2. The van der Waals surface area contributed by atoms with Crippen molar-refractivity contribution in [2.75, 3.05) is 31.6 Å². The van der Waals surface area contributed by atoms with Gasteiger partial charge in [-0.05, 0) is 45.0 Å². The van der Waals surface area contributed by atoms with E-state index in [4.69, 9.17) is 0 Å². The van der Waals surface area contributed by atoms with Crippen molar-refractivity contribution in [2.45, 2.75) is 25.8 Å². The average molecular weight is 216 g/mol. The van der Waals surface area contributed by atoms with E-state index in [-0.39, 0.29) is 0 Å². The summed E-state index contributed by atoms with van der Waals surface area (Å²) >= 11 is 0. The standard InChI is InChI=1S/C14H20N2/c1-11-4-5-14-12(8-11)9-13-10-15(2)6-3-7-16(13)14/h4-5,8,13H,3,6-7,9-10H2,1-2H3. The Labute approximate surface area is 97.9 Å². The smallest absolute Gasteiger partial charge is 0.0458 e. The molecule has 2 aliphatic heterocycles. The van der Waals surface area contributed by atoms with Crippen molar-refractivity contribution in [3.8, 4) is 0 Å². The molecule has 0 N–H and O–H groups in total. The SMILES string of the molecule is Cc1ccc2c(c1)CC1CN(C)CCCN21. The van der Waals surface area contributed by atoms with Gasteiger partial charge in [0.05, 0.1) is 0 Å². The van der Waals surface area contributed by atoms with Crippen LogP contribution in [-0.4, -0.2) is 37.6 Å². The number of aryl methyl sites for hydroxylation is 1. The summed E-state index contributed by atoms with van der Waals surface area (Å²) in [5.74, 6) is 0. The molecule has 2 heterocycles. The van der Waals surface area contributed by atoms with Crippen molar-refractivity contribution in [1.82, 2.24) is 4.90 Å². The van der Waals surface area contributed by atoms with Crippen LogP contribution < -0.4 is 4.90 Å². The van der Waals surface area contributed by atoms with Gasteiger partial charge in [-0.3, -0.25) is 0 Å². The number of hydrogen-bond donors (Lipinski definition) is 0. The van der Waals surface area contributed by atoms with E-state index in [1.807, 2.05) is 0 Å². The topological polar surface area (TPSA) is 6.48 Å². The zero-order valence-electron chi connectivity index (χ0n) is 10.2. The van der Waals surface area contributed by atoms with E-state index in [0.29, 0.717) is 6.04 Å². The van der Waals surface area contributed by atoms with Gasteiger partial charge in [0.25, 0.3) is 0 Å². The lowest BCUT2D eigenvalue weighted by atomic mass is 10.1. The number of rotatable bonds is 0. The van der Waals surface area contributed by atoms with Crippen LogP contribution in [-0.2, 0) is 6.42 Å². The molecule has 1 saturated heterocycles. The highest BCUT2D eigenvalue weighted by Gasteiger charge is 2.31. The minimum Gasteiger partial charge on any atom is -0.367 e. The number of nitrogens with zero attached hydrogens (tertiary/aromatic N) is 2. The molecule has 1 aromatic rings. The van der Waals surface area contributed by atoms with Crippen LogP contribution in [0.5, 0.6) is 0 Å². The third-order valence-corrected chi connectivity index (χ3v) is 3.90. The van der Waals surface area contributed by atoms with Gasteiger partial charge in [-0.2, -0.15) is 0 Å². The molecule has 1 aromatic carbocycles. The van der Waals surface area contributed by atoms with Gasteiger partial charge in [-0.15, -0.1) is 0 Å². The van der Waals surface area contributed by atoms with Gasteiger partial charge >= 0.3 is 0 Å². The lowest BCUT2D eigenvalue weighted by Gasteiger charge is -2.26. The summed E-state index contributed by atoms with van der Waals surface area (Å²) in [6.07, 6.45) is 2.53. The largest absolute Gasteiger partial charge is 0.367 e. The van der Waals surface area contributed by atoms with Gasteiger partial charge < -0.3 is 9.80 Å². The van der Waals surface area contributed by atoms with Crippen LogP contribution in [0.4, 0.5) is 5.69 Å². The molecular weight excluding hydrogens is 196 g/mol. The zero-order chi connectivity index (χ0) is 11.1. The van der Waals surface area contributed by atoms with Crippen molar-refractivity contribution in [2.24, 2.45) is 0 Å². The Hall–Kier alpha value is -1.02. The second-order valence-corrected chi connectivity index (χ2v) is 5.30. The Bertz CT molecular complexity index is 400. The van der Waals surface area contributed by atoms with Gasteiger partial charge in [0.15, 0.2) is 0 Å². The number of fused-ring (bicyclic) bond motifs is 3. The Balaban J connectivity index is 1.94. The molecule has 0 amide bonds. The minimum absolute atomic E-state index is 0.712. The molecule has 3 rings (SSSR count). The van der Waals surface area contributed by atoms with E-state index in [9.17, 15) is 0 Å². The lowest BCUT2D eigenvalue weighted by Crippen LogP contribution is -2.37. The summed E-state index contributed by atoms with van der Waals surface area (Å²) in [6.45, 7) is 5.88. The monoisotopic (exact) mass is 216 g/mol. The van der Waals surface area contributed by atoms with Crippen LogP contribution in [0, 0.1) is 6.92 Å². The first-order valence-electron chi connectivity index (χ1n) is 6.29. The molecule has 1 atom stereocenters. The van der Waals surface area contributed by atoms with E-state index in [0.717, 1.165) is 0 Å². The van der Waals surface area contributed by atoms with E-state index in [1.165, 1.54) is 43.7 Å². The first-order chi connectivity index (χ1) is 7.74. The van der Waals surface area contributed by atoms with Crippen LogP contribution in [0.1, 0.15) is 17.5 Å². The minimum atomic E-state index is 0.712. The molecule has 0 spiro atoms. The maximum Gasteiger partial charge on any atom is 0.0458 e. The third-order valence-electron chi connectivity index (χ3n) is 3.90. The lowest BCUT2D eigenvalue weighted by molar-refractivity contribution is 0.333. The molecule has 1 fully saturated rings. The van der Waals surface area contributed by atoms with E-state index < -0.39 is 0 Å². The summed E-state index contributed by atoms with van der Waals surface area (Å²) in [5.41, 5.74) is 4.44. The fourth-order valence-electron chi connectivity index (χ4n) is 3.15. The predicted molar refractivity (Wildman–Crippen MR) is 68.1 cm³/mol. The third kappa shape index (κ3) is 1.61. The van der Waals surface area contributed by atoms with Gasteiger partial charge in [0, 0.05) is 24.8 Å². The van der Waals surface area contributed by atoms with Crippen LogP contribution in [0.2, 0.25) is 0 Å². The van der Waals surface area contributed by atoms with Crippen molar-refractivity contribution in [1.29, 1.82) is 0 Å². The Morgan fingerprint density at radius 3 is 3.00 bits per heavy atom. The zero-order valence-corrected chi connectivity index (χ0v) is 10.2. The molecule has 0 aromatic heterocycles. The first kappa shape index (κ1) is 10.2. The summed E-state index contributed by atoms with van der Waals surface area (Å²) in [4.78, 5) is 5.10. The maximum absolute atomic E-state index is 2.62. The van der Waals surface area contributed by atoms with Crippen molar-refractivity contribution in [3.63, 3.8) is 0 Å². The van der Waals surface area contributed by atoms with Gasteiger partial charge in [-0.1, -0.05) is 17.7 Å². The van der Waals surface area contributed by atoms with Crippen LogP contribution in [0.3, 0.4) is 0 Å². The summed E-state index contributed by atoms with van der Waals surface area (Å²) < 4.78 is 0. The average Bonchev–Trinajstić information content (AvgIpc) is 2.44. The predicted octanol–water partition coefficient (Wildman–Crippen LogP) is 2.06. The molecule has 2 nitrogen and oxygen atoms in total. The fraction of sp³-hybridized carbons (Fsp3) is 0.571. The van der Waals surface area contributed by atoms with E-state index >= 15 is 0 Å². The quantitative estimate of drug-likeness (QED) is 0.655. The highest BCUT2D eigenvalue weighted by atomic mass is 15.2. The molecule has 1 unspecified atom stereocenters. The van der Waals surface area contributed by atoms with Gasteiger partial charge in [-0.25, -0.2) is 0 Å². The molecule has 86 valence electrons. The first-order valence-corrected chi connectivity index (χ1v) is 6.29. The van der Waals surface area contributed by atoms with Crippen LogP contribution in [0.15, 0.2) is 18.2 Å². The Kier molecular flexibility index (Phi) is 2.40. The Morgan fingerprint density at radius 2 is 2.12 bits per heavy atom. The molecule has 16 heavy (non-hydrogen) atoms. The normalized spacial score (nSPS) is 25.1. The maximum atomic E-state index is 2.62. The summed E-state index contributed by atoms with van der Waals surface area (Å²) in [5, 5.41) is 0. The van der Waals surface area contributed by atoms with Crippen molar-refractivity contribution < 1.29 is 0 Å². The fourth-order valence-corrected chi connectivity index (χ4v) is 3.15. The highest BCUT2D eigenvalue weighted by molar-refractivity contribution is 5.60. The van der Waals surface area contributed by atoms with Crippen LogP contribution >= 0.6 is 0 Å². The molecule has 0 aliphatic carbocycles. The number of hydrogen-bond acceptors (Lipinski definition) is 2. The second-order valence-electron chi connectivity index (χ2n) is 5.30.